The van der Waals surface area contributed by atoms with Crippen molar-refractivity contribution in [2.75, 3.05) is 39.0 Å². The maximum atomic E-state index is 4.47. The number of thiol groups is 1. The third kappa shape index (κ3) is 2.26. The molecule has 0 N–H and O–H groups in total. The van der Waals surface area contributed by atoms with Crippen LogP contribution in [-0.4, -0.2) is 54.8 Å². The van der Waals surface area contributed by atoms with E-state index < -0.39 is 0 Å². The molecule has 0 amide bonds. The molecule has 0 bridgehead atoms. The molecule has 0 aromatic carbocycles. The lowest BCUT2D eigenvalue weighted by Gasteiger charge is -2.40. The predicted molar refractivity (Wildman–Crippen MR) is 64.1 cm³/mol. The monoisotopic (exact) mass is 214 g/mol. The summed E-state index contributed by atoms with van der Waals surface area (Å²) in [6.07, 6.45) is 2.80. The molecule has 2 aliphatic rings. The van der Waals surface area contributed by atoms with E-state index in [2.05, 4.69) is 36.4 Å². The molecule has 1 atom stereocenters. The van der Waals surface area contributed by atoms with Crippen molar-refractivity contribution in [1.82, 2.24) is 9.80 Å². The molecule has 0 aromatic heterocycles. The summed E-state index contributed by atoms with van der Waals surface area (Å²) in [5.74, 6) is 1.08. The molecule has 1 saturated carbocycles. The minimum Gasteiger partial charge on any atom is -0.304 e. The lowest BCUT2D eigenvalue weighted by atomic mass is 10.1. The standard InChI is InChI=1S/C11H22N2S/c1-10-7-12(2)5-6-13(10)8-11(9-14)3-4-11/h10,14H,3-9H2,1-2H3. The molecule has 1 aliphatic carbocycles. The average Bonchev–Trinajstić information content (AvgIpc) is 2.91. The number of rotatable bonds is 3. The van der Waals surface area contributed by atoms with Crippen LogP contribution in [0.3, 0.4) is 0 Å². The van der Waals surface area contributed by atoms with Gasteiger partial charge in [0.25, 0.3) is 0 Å². The number of hydrogen-bond donors (Lipinski definition) is 1. The lowest BCUT2D eigenvalue weighted by molar-refractivity contribution is 0.0841. The van der Waals surface area contributed by atoms with Gasteiger partial charge in [0.1, 0.15) is 0 Å². The normalized spacial score (nSPS) is 33.2. The van der Waals surface area contributed by atoms with Gasteiger partial charge in [0.15, 0.2) is 0 Å². The van der Waals surface area contributed by atoms with Crippen molar-refractivity contribution in [1.29, 1.82) is 0 Å². The van der Waals surface area contributed by atoms with Crippen molar-refractivity contribution in [3.8, 4) is 0 Å². The highest BCUT2D eigenvalue weighted by atomic mass is 32.1. The summed E-state index contributed by atoms with van der Waals surface area (Å²) in [5, 5.41) is 0. The summed E-state index contributed by atoms with van der Waals surface area (Å²) in [5.41, 5.74) is 0.591. The zero-order valence-electron chi connectivity index (χ0n) is 9.37. The molecule has 2 nitrogen and oxygen atoms in total. The molecule has 2 rings (SSSR count). The second kappa shape index (κ2) is 4.03. The van der Waals surface area contributed by atoms with Crippen molar-refractivity contribution in [2.45, 2.75) is 25.8 Å². The minimum atomic E-state index is 0.591. The van der Waals surface area contributed by atoms with Gasteiger partial charge in [-0.05, 0) is 38.0 Å². The van der Waals surface area contributed by atoms with Crippen LogP contribution in [0.15, 0.2) is 0 Å². The summed E-state index contributed by atoms with van der Waals surface area (Å²) >= 11 is 4.47. The Morgan fingerprint density at radius 1 is 1.36 bits per heavy atom. The molecule has 1 aliphatic heterocycles. The summed E-state index contributed by atoms with van der Waals surface area (Å²) in [6, 6.07) is 0.728. The highest BCUT2D eigenvalue weighted by Crippen LogP contribution is 2.47. The van der Waals surface area contributed by atoms with Gasteiger partial charge in [0.05, 0.1) is 0 Å². The quantitative estimate of drug-likeness (QED) is 0.708. The Morgan fingerprint density at radius 2 is 2.07 bits per heavy atom. The molecule has 1 heterocycles. The summed E-state index contributed by atoms with van der Waals surface area (Å²) in [7, 11) is 2.22. The Morgan fingerprint density at radius 3 is 2.57 bits per heavy atom. The minimum absolute atomic E-state index is 0.591. The van der Waals surface area contributed by atoms with E-state index >= 15 is 0 Å². The van der Waals surface area contributed by atoms with Crippen LogP contribution in [0.4, 0.5) is 0 Å². The maximum Gasteiger partial charge on any atom is 0.0195 e. The molecule has 2 fully saturated rings. The molecule has 14 heavy (non-hydrogen) atoms. The third-order valence-electron chi connectivity index (χ3n) is 3.80. The van der Waals surface area contributed by atoms with E-state index in [4.69, 9.17) is 0 Å². The molecule has 1 unspecified atom stereocenters. The zero-order chi connectivity index (χ0) is 10.2. The smallest absolute Gasteiger partial charge is 0.0195 e. The SMILES string of the molecule is CC1CN(C)CCN1CC1(CS)CC1. The molecule has 3 heteroatoms. The van der Waals surface area contributed by atoms with Crippen LogP contribution in [0.25, 0.3) is 0 Å². The topological polar surface area (TPSA) is 6.48 Å². The highest BCUT2D eigenvalue weighted by Gasteiger charge is 2.43. The Kier molecular flexibility index (Phi) is 3.10. The lowest BCUT2D eigenvalue weighted by Crippen LogP contribution is -2.52. The van der Waals surface area contributed by atoms with E-state index in [1.54, 1.807) is 0 Å². The first-order chi connectivity index (χ1) is 6.65. The molecule has 1 saturated heterocycles. The van der Waals surface area contributed by atoms with Gasteiger partial charge in [0, 0.05) is 32.2 Å². The molecule has 0 spiro atoms. The Balaban J connectivity index is 1.86. The van der Waals surface area contributed by atoms with E-state index in [9.17, 15) is 0 Å². The van der Waals surface area contributed by atoms with Gasteiger partial charge in [-0.2, -0.15) is 12.6 Å². The zero-order valence-corrected chi connectivity index (χ0v) is 10.3. The number of nitrogens with zero attached hydrogens (tertiary/aromatic N) is 2. The summed E-state index contributed by atoms with van der Waals surface area (Å²) in [6.45, 7) is 7.33. The largest absolute Gasteiger partial charge is 0.304 e. The fraction of sp³-hybridized carbons (Fsp3) is 1.00. The second-order valence-corrected chi connectivity index (χ2v) is 5.56. The molecular formula is C11H22N2S. The molecular weight excluding hydrogens is 192 g/mol. The highest BCUT2D eigenvalue weighted by molar-refractivity contribution is 7.80. The third-order valence-corrected chi connectivity index (χ3v) is 4.47. The van der Waals surface area contributed by atoms with Gasteiger partial charge in [0.2, 0.25) is 0 Å². The fourth-order valence-corrected chi connectivity index (χ4v) is 2.80. The van der Waals surface area contributed by atoms with Gasteiger partial charge in [-0.1, -0.05) is 0 Å². The van der Waals surface area contributed by atoms with Crippen LogP contribution in [0.1, 0.15) is 19.8 Å². The van der Waals surface area contributed by atoms with Crippen molar-refractivity contribution in [3.05, 3.63) is 0 Å². The Labute approximate surface area is 93.1 Å². The van der Waals surface area contributed by atoms with Crippen molar-refractivity contribution >= 4 is 12.6 Å². The van der Waals surface area contributed by atoms with E-state index in [0.29, 0.717) is 5.41 Å². The van der Waals surface area contributed by atoms with Crippen LogP contribution < -0.4 is 0 Å². The van der Waals surface area contributed by atoms with Crippen LogP contribution in [0.2, 0.25) is 0 Å². The first-order valence-corrected chi connectivity index (χ1v) is 6.32. The molecule has 0 radical (unpaired) electrons. The van der Waals surface area contributed by atoms with E-state index in [0.717, 1.165) is 11.8 Å². The van der Waals surface area contributed by atoms with Gasteiger partial charge in [-0.15, -0.1) is 0 Å². The van der Waals surface area contributed by atoms with Crippen molar-refractivity contribution in [2.24, 2.45) is 5.41 Å². The second-order valence-electron chi connectivity index (χ2n) is 5.24. The van der Waals surface area contributed by atoms with E-state index in [-0.39, 0.29) is 0 Å². The average molecular weight is 214 g/mol. The fourth-order valence-electron chi connectivity index (χ4n) is 2.39. The van der Waals surface area contributed by atoms with E-state index in [1.165, 1.54) is 39.0 Å². The van der Waals surface area contributed by atoms with Crippen LogP contribution in [-0.2, 0) is 0 Å². The van der Waals surface area contributed by atoms with Crippen molar-refractivity contribution < 1.29 is 0 Å². The van der Waals surface area contributed by atoms with Crippen LogP contribution >= 0.6 is 12.6 Å². The number of piperazine rings is 1. The summed E-state index contributed by atoms with van der Waals surface area (Å²) < 4.78 is 0. The number of hydrogen-bond acceptors (Lipinski definition) is 3. The number of likely N-dealkylation sites (N-methyl/N-ethyl adjacent to an activating group) is 1. The van der Waals surface area contributed by atoms with Crippen LogP contribution in [0, 0.1) is 5.41 Å². The predicted octanol–water partition coefficient (Wildman–Crippen LogP) is 1.33. The molecule has 82 valence electrons. The summed E-state index contributed by atoms with van der Waals surface area (Å²) in [4.78, 5) is 5.09. The van der Waals surface area contributed by atoms with Gasteiger partial charge in [-0.3, -0.25) is 4.90 Å². The Bertz CT molecular complexity index is 203. The van der Waals surface area contributed by atoms with Crippen molar-refractivity contribution in [3.63, 3.8) is 0 Å². The van der Waals surface area contributed by atoms with Gasteiger partial charge >= 0.3 is 0 Å². The van der Waals surface area contributed by atoms with Gasteiger partial charge < -0.3 is 4.90 Å². The van der Waals surface area contributed by atoms with Crippen LogP contribution in [0.5, 0.6) is 0 Å². The first-order valence-electron chi connectivity index (χ1n) is 5.69. The Hall–Kier alpha value is 0.270. The van der Waals surface area contributed by atoms with Gasteiger partial charge in [-0.25, -0.2) is 0 Å². The van der Waals surface area contributed by atoms with E-state index in [1.807, 2.05) is 0 Å². The molecule has 0 aromatic rings. The first kappa shape index (κ1) is 10.8. The maximum absolute atomic E-state index is 4.47.